The maximum Gasteiger partial charge on any atom is 0.311 e. The van der Waals surface area contributed by atoms with Crippen molar-refractivity contribution in [1.29, 1.82) is 0 Å². The topological polar surface area (TPSA) is 194 Å². The fourth-order valence-corrected chi connectivity index (χ4v) is 11.5. The lowest BCUT2D eigenvalue weighted by molar-refractivity contribution is -0.318. The van der Waals surface area contributed by atoms with Gasteiger partial charge in [0, 0.05) is 49.8 Å². The summed E-state index contributed by atoms with van der Waals surface area (Å²) in [4.78, 5) is 30.4. The summed E-state index contributed by atoms with van der Waals surface area (Å²) in [5, 5.41) is 58.8. The number of Topliss-reactive ketones (excluding diaryl/α,β-unsaturated/α-hetero) is 1. The third-order valence-electron chi connectivity index (χ3n) is 15.9. The number of carbonyl (C=O) groups excluding carboxylic acids is 2. The van der Waals surface area contributed by atoms with Crippen LogP contribution in [-0.4, -0.2) is 147 Å². The number of hydrogen-bond donors (Lipinski definition) is 5. The van der Waals surface area contributed by atoms with Crippen molar-refractivity contribution in [3.63, 3.8) is 0 Å². The molecule has 0 amide bonds. The molecule has 2 saturated carbocycles. The molecule has 3 aliphatic heterocycles. The Balaban J connectivity index is 1.50. The molecule has 22 atom stereocenters. The van der Waals surface area contributed by atoms with Gasteiger partial charge in [-0.2, -0.15) is 0 Å². The molecule has 14 nitrogen and oxygen atoms in total. The molecule has 0 aromatic heterocycles. The van der Waals surface area contributed by atoms with E-state index in [0.717, 1.165) is 13.0 Å². The Bertz CT molecular complexity index is 1450. The van der Waals surface area contributed by atoms with Crippen LogP contribution in [0.2, 0.25) is 0 Å². The van der Waals surface area contributed by atoms with Crippen molar-refractivity contribution in [2.45, 2.75) is 212 Å². The van der Waals surface area contributed by atoms with E-state index in [4.69, 9.17) is 28.4 Å². The van der Waals surface area contributed by atoms with Crippen LogP contribution in [0.5, 0.6) is 0 Å². The lowest BCUT2D eigenvalue weighted by atomic mass is 9.61. The number of carbonyl (C=O) groups is 2. The summed E-state index contributed by atoms with van der Waals surface area (Å²) < 4.78 is 37.8. The summed E-state index contributed by atoms with van der Waals surface area (Å²) in [7, 11) is 3.56. The van der Waals surface area contributed by atoms with Crippen LogP contribution in [0.25, 0.3) is 0 Å². The van der Waals surface area contributed by atoms with Crippen LogP contribution < -0.4 is 0 Å². The van der Waals surface area contributed by atoms with Crippen molar-refractivity contribution in [3.8, 4) is 0 Å². The third kappa shape index (κ3) is 9.84. The van der Waals surface area contributed by atoms with Crippen molar-refractivity contribution in [2.24, 2.45) is 47.3 Å². The van der Waals surface area contributed by atoms with Gasteiger partial charge in [0.25, 0.3) is 0 Å². The highest BCUT2D eigenvalue weighted by molar-refractivity contribution is 5.84. The highest BCUT2D eigenvalue weighted by atomic mass is 16.7. The second-order valence-electron chi connectivity index (χ2n) is 20.4. The fourth-order valence-electron chi connectivity index (χ4n) is 11.5. The number of ether oxygens (including phenoxy) is 6. The number of aliphatic hydroxyl groups is 5. The minimum absolute atomic E-state index is 0.103. The van der Waals surface area contributed by atoms with E-state index in [1.807, 2.05) is 6.92 Å². The molecule has 13 unspecified atom stereocenters. The van der Waals surface area contributed by atoms with Crippen molar-refractivity contribution in [3.05, 3.63) is 0 Å². The van der Waals surface area contributed by atoms with Crippen LogP contribution in [0.1, 0.15) is 128 Å². The quantitative estimate of drug-likeness (QED) is 0.175. The summed E-state index contributed by atoms with van der Waals surface area (Å²) in [5.74, 6) is -3.64. The van der Waals surface area contributed by atoms with E-state index in [1.165, 1.54) is 39.7 Å². The molecule has 0 aromatic rings. The summed E-state index contributed by atoms with van der Waals surface area (Å²) in [5.41, 5.74) is -4.69. The minimum atomic E-state index is -1.84. The Morgan fingerprint density at radius 2 is 1.53 bits per heavy atom. The standard InChI is InChI=1S/C46H81NO13/c1-14-16-17-31-19-30(15-2)32(31)22-47(12)33-18-24(4)56-43(36(33)49)60-40-26(6)37(58-34-21-45(11,55-13)39(51)29(9)57-34)27(7)42(52)59-41-28(8)46(41,54)38(50)25(5)35(48)23(3)20-44(40,10)53/h23-34,36-41,43,49-51,53-54H,14-22H2,1-13H3/t23-,24?,25+,26+,27-,28?,29?,30?,31?,32?,33?,34?,36?,37+,38-,39?,40-,41-,43?,44?,45?,46+/m1/s1. The summed E-state index contributed by atoms with van der Waals surface area (Å²) >= 11 is 0. The van der Waals surface area contributed by atoms with Gasteiger partial charge in [-0.15, -0.1) is 0 Å². The van der Waals surface area contributed by atoms with Gasteiger partial charge < -0.3 is 58.9 Å². The largest absolute Gasteiger partial charge is 0.458 e. The zero-order valence-electron chi connectivity index (χ0n) is 38.8. The summed E-state index contributed by atoms with van der Waals surface area (Å²) in [6.07, 6.45) is -3.61. The lowest BCUT2D eigenvalue weighted by Gasteiger charge is -2.51. The molecule has 0 radical (unpaired) electrons. The molecule has 14 heteroatoms. The maximum absolute atomic E-state index is 14.2. The predicted molar refractivity (Wildman–Crippen MR) is 223 cm³/mol. The predicted octanol–water partition coefficient (Wildman–Crippen LogP) is 4.23. The van der Waals surface area contributed by atoms with Crippen molar-refractivity contribution < 1.29 is 63.5 Å². The normalized spacial score (nSPS) is 50.7. The van der Waals surface area contributed by atoms with Gasteiger partial charge in [-0.05, 0) is 78.7 Å². The van der Waals surface area contributed by atoms with Crippen LogP contribution in [0, 0.1) is 47.3 Å². The van der Waals surface area contributed by atoms with E-state index >= 15 is 0 Å². The average Bonchev–Trinajstić information content (AvgIpc) is 3.72. The first kappa shape index (κ1) is 49.7. The Morgan fingerprint density at radius 1 is 0.867 bits per heavy atom. The van der Waals surface area contributed by atoms with Gasteiger partial charge in [0.15, 0.2) is 12.6 Å². The molecule has 2 aliphatic carbocycles. The van der Waals surface area contributed by atoms with Crippen molar-refractivity contribution in [2.75, 3.05) is 20.7 Å². The van der Waals surface area contributed by atoms with E-state index < -0.39 is 108 Å². The Hall–Kier alpha value is -1.30. The molecule has 0 aromatic carbocycles. The van der Waals surface area contributed by atoms with Crippen LogP contribution in [0.4, 0.5) is 0 Å². The molecule has 3 saturated heterocycles. The monoisotopic (exact) mass is 856 g/mol. The first-order valence-corrected chi connectivity index (χ1v) is 23.1. The van der Waals surface area contributed by atoms with Crippen LogP contribution >= 0.6 is 0 Å². The average molecular weight is 856 g/mol. The van der Waals surface area contributed by atoms with E-state index in [9.17, 15) is 35.1 Å². The van der Waals surface area contributed by atoms with Crippen LogP contribution in [0.15, 0.2) is 0 Å². The number of esters is 1. The summed E-state index contributed by atoms with van der Waals surface area (Å²) in [6.45, 7) is 20.6. The van der Waals surface area contributed by atoms with Gasteiger partial charge in [-0.25, -0.2) is 0 Å². The highest BCUT2D eigenvalue weighted by Crippen LogP contribution is 2.52. The molecule has 348 valence electrons. The Labute approximate surface area is 359 Å². The molecule has 5 aliphatic rings. The number of ketones is 1. The highest BCUT2D eigenvalue weighted by Gasteiger charge is 2.70. The summed E-state index contributed by atoms with van der Waals surface area (Å²) in [6, 6.07) is -0.305. The number of rotatable bonds is 12. The van der Waals surface area contributed by atoms with Crippen LogP contribution in [0.3, 0.4) is 0 Å². The Morgan fingerprint density at radius 3 is 2.15 bits per heavy atom. The molecule has 0 spiro atoms. The molecule has 60 heavy (non-hydrogen) atoms. The van der Waals surface area contributed by atoms with Crippen molar-refractivity contribution in [1.82, 2.24) is 4.90 Å². The second-order valence-corrected chi connectivity index (χ2v) is 20.4. The molecule has 3 heterocycles. The number of nitrogens with zero attached hydrogens (tertiary/aromatic N) is 1. The zero-order chi connectivity index (χ0) is 44.8. The maximum atomic E-state index is 14.2. The van der Waals surface area contributed by atoms with E-state index in [-0.39, 0.29) is 30.8 Å². The first-order chi connectivity index (χ1) is 28.0. The lowest BCUT2D eigenvalue weighted by Crippen LogP contribution is -2.61. The third-order valence-corrected chi connectivity index (χ3v) is 15.9. The molecular weight excluding hydrogens is 775 g/mol. The van der Waals surface area contributed by atoms with E-state index in [1.54, 1.807) is 48.5 Å². The second kappa shape index (κ2) is 19.4. The molecule has 5 rings (SSSR count). The van der Waals surface area contributed by atoms with Crippen LogP contribution in [-0.2, 0) is 38.0 Å². The van der Waals surface area contributed by atoms with Gasteiger partial charge >= 0.3 is 5.97 Å². The zero-order valence-corrected chi connectivity index (χ0v) is 38.8. The van der Waals surface area contributed by atoms with E-state index in [0.29, 0.717) is 24.2 Å². The molecule has 5 fully saturated rings. The number of aliphatic hydroxyl groups excluding tert-OH is 3. The van der Waals surface area contributed by atoms with Gasteiger partial charge in [-0.1, -0.05) is 67.2 Å². The number of hydrogen-bond acceptors (Lipinski definition) is 14. The number of methoxy groups -OCH3 is 1. The number of unbranched alkanes of at least 4 members (excludes halogenated alkanes) is 1. The SMILES string of the molecule is CCCCC1CC(CC)C1CN(C)C1CC(C)OC(O[C@@H]2[C@@H](C)[C@H](OC3CC(C)(OC)C(O)C(C)O3)[C@@H](C)C(=O)O[C@@H]3C(C)[C@]3(O)[C@H](O)[C@@H](C)C(=O)[C@H](C)CC2(C)O)C1O. The fraction of sp³-hybridized carbons (Fsp3) is 0.957. The van der Waals surface area contributed by atoms with E-state index in [2.05, 4.69) is 25.8 Å². The van der Waals surface area contributed by atoms with Crippen molar-refractivity contribution >= 4 is 11.8 Å². The Kier molecular flexibility index (Phi) is 16.1. The molecule has 5 N–H and O–H groups in total. The molecule has 0 bridgehead atoms. The van der Waals surface area contributed by atoms with Gasteiger partial charge in [0.2, 0.25) is 0 Å². The number of likely N-dealkylation sites (N-methyl/N-ethyl adjacent to an activating group) is 1. The first-order valence-electron chi connectivity index (χ1n) is 23.1. The molecular formula is C46H81NO13. The minimum Gasteiger partial charge on any atom is -0.458 e. The number of fused-ring (bicyclic) bond motifs is 1. The van der Waals surface area contributed by atoms with Gasteiger partial charge in [0.05, 0.1) is 47.6 Å². The van der Waals surface area contributed by atoms with Gasteiger partial charge in [-0.3, -0.25) is 9.59 Å². The smallest absolute Gasteiger partial charge is 0.311 e. The van der Waals surface area contributed by atoms with Gasteiger partial charge in [0.1, 0.15) is 29.7 Å².